The molecule has 0 heterocycles. The van der Waals surface area contributed by atoms with Gasteiger partial charge in [0, 0.05) is 13.0 Å². The van der Waals surface area contributed by atoms with Crippen LogP contribution in [-0.4, -0.2) is 23.5 Å². The van der Waals surface area contributed by atoms with Gasteiger partial charge in [-0.3, -0.25) is 9.59 Å². The van der Waals surface area contributed by atoms with Gasteiger partial charge in [-0.1, -0.05) is 12.8 Å². The van der Waals surface area contributed by atoms with E-state index in [0.29, 0.717) is 6.54 Å². The zero-order valence-corrected chi connectivity index (χ0v) is 9.87. The molecule has 0 saturated heterocycles. The molecule has 5 nitrogen and oxygen atoms in total. The number of nitrogens with one attached hydrogen (secondary N) is 1. The van der Waals surface area contributed by atoms with Crippen molar-refractivity contribution >= 4 is 11.9 Å². The smallest absolute Gasteiger partial charge is 0.303 e. The molecule has 1 amide bonds. The second-order valence-electron chi connectivity index (χ2n) is 4.71. The number of carboxylic acid groups (broad SMARTS) is 1. The van der Waals surface area contributed by atoms with Crippen LogP contribution < -0.4 is 5.32 Å². The first-order chi connectivity index (χ1) is 8.08. The van der Waals surface area contributed by atoms with Gasteiger partial charge in [0.05, 0.1) is 18.9 Å². The largest absolute Gasteiger partial charge is 0.481 e. The van der Waals surface area contributed by atoms with E-state index >= 15 is 0 Å². The minimum absolute atomic E-state index is 0.0681. The molecule has 0 aromatic heterocycles. The maximum absolute atomic E-state index is 11.6. The summed E-state index contributed by atoms with van der Waals surface area (Å²) >= 11 is 0. The van der Waals surface area contributed by atoms with Gasteiger partial charge < -0.3 is 10.4 Å². The van der Waals surface area contributed by atoms with Crippen molar-refractivity contribution in [1.82, 2.24) is 5.32 Å². The summed E-state index contributed by atoms with van der Waals surface area (Å²) in [6.45, 7) is 0.346. The summed E-state index contributed by atoms with van der Waals surface area (Å²) in [6, 6.07) is 1.95. The van der Waals surface area contributed by atoms with Crippen molar-refractivity contribution in [1.29, 1.82) is 5.26 Å². The molecule has 0 atom stereocenters. The van der Waals surface area contributed by atoms with Crippen LogP contribution in [0.4, 0.5) is 0 Å². The van der Waals surface area contributed by atoms with E-state index in [1.54, 1.807) is 0 Å². The Balaban J connectivity index is 2.46. The van der Waals surface area contributed by atoms with E-state index < -0.39 is 5.97 Å². The lowest BCUT2D eigenvalue weighted by molar-refractivity contribution is -0.140. The topological polar surface area (TPSA) is 90.2 Å². The fraction of sp³-hybridized carbons (Fsp3) is 0.750. The second-order valence-corrected chi connectivity index (χ2v) is 4.71. The Kier molecular flexibility index (Phi) is 4.95. The Bertz CT molecular complexity index is 327. The highest BCUT2D eigenvalue weighted by molar-refractivity contribution is 5.78. The third kappa shape index (κ3) is 4.43. The van der Waals surface area contributed by atoms with Gasteiger partial charge in [-0.05, 0) is 18.3 Å². The Labute approximate surface area is 101 Å². The van der Waals surface area contributed by atoms with E-state index in [0.717, 1.165) is 25.7 Å². The lowest BCUT2D eigenvalue weighted by Crippen LogP contribution is -2.32. The molecular formula is C12H18N2O3. The summed E-state index contributed by atoms with van der Waals surface area (Å²) < 4.78 is 0. The summed E-state index contributed by atoms with van der Waals surface area (Å²) in [5.74, 6) is -0.972. The predicted molar refractivity (Wildman–Crippen MR) is 61.0 cm³/mol. The zero-order valence-electron chi connectivity index (χ0n) is 9.87. The fourth-order valence-corrected chi connectivity index (χ4v) is 2.52. The van der Waals surface area contributed by atoms with Crippen LogP contribution in [0.3, 0.4) is 0 Å². The number of carboxylic acids is 1. The van der Waals surface area contributed by atoms with E-state index in [1.165, 1.54) is 0 Å². The molecule has 1 aliphatic carbocycles. The Morgan fingerprint density at radius 3 is 2.47 bits per heavy atom. The molecule has 1 fully saturated rings. The SMILES string of the molecule is N#CCCNC(=O)CC1(CC(=O)O)CCCC1. The number of aliphatic carboxylic acids is 1. The highest BCUT2D eigenvalue weighted by atomic mass is 16.4. The van der Waals surface area contributed by atoms with Crippen LogP contribution in [0.1, 0.15) is 44.9 Å². The van der Waals surface area contributed by atoms with Gasteiger partial charge in [-0.25, -0.2) is 0 Å². The first-order valence-electron chi connectivity index (χ1n) is 5.93. The molecule has 17 heavy (non-hydrogen) atoms. The second kappa shape index (κ2) is 6.24. The van der Waals surface area contributed by atoms with Crippen molar-refractivity contribution < 1.29 is 14.7 Å². The number of hydrogen-bond donors (Lipinski definition) is 2. The van der Waals surface area contributed by atoms with Crippen LogP contribution in [0.25, 0.3) is 0 Å². The number of nitrogens with zero attached hydrogens (tertiary/aromatic N) is 1. The van der Waals surface area contributed by atoms with Crippen molar-refractivity contribution in [3.8, 4) is 6.07 Å². The third-order valence-electron chi connectivity index (χ3n) is 3.28. The zero-order chi connectivity index (χ0) is 12.7. The molecule has 5 heteroatoms. The quantitative estimate of drug-likeness (QED) is 0.685. The maximum Gasteiger partial charge on any atom is 0.303 e. The van der Waals surface area contributed by atoms with Crippen LogP contribution in [0.5, 0.6) is 0 Å². The van der Waals surface area contributed by atoms with Gasteiger partial charge in [0.25, 0.3) is 0 Å². The highest BCUT2D eigenvalue weighted by Crippen LogP contribution is 2.43. The minimum atomic E-state index is -0.836. The monoisotopic (exact) mass is 238 g/mol. The average Bonchev–Trinajstić information content (AvgIpc) is 2.65. The number of nitriles is 1. The molecule has 0 aromatic carbocycles. The first-order valence-corrected chi connectivity index (χ1v) is 5.93. The molecule has 94 valence electrons. The summed E-state index contributed by atoms with van der Waals surface area (Å²) in [6.07, 6.45) is 4.24. The molecular weight excluding hydrogens is 220 g/mol. The van der Waals surface area contributed by atoms with E-state index in [1.807, 2.05) is 6.07 Å². The number of carbonyl (C=O) groups is 2. The number of carbonyl (C=O) groups excluding carboxylic acids is 1. The minimum Gasteiger partial charge on any atom is -0.481 e. The third-order valence-corrected chi connectivity index (χ3v) is 3.28. The molecule has 1 rings (SSSR count). The molecule has 0 unspecified atom stereocenters. The van der Waals surface area contributed by atoms with Crippen molar-refractivity contribution in [3.05, 3.63) is 0 Å². The van der Waals surface area contributed by atoms with Gasteiger partial charge in [0.2, 0.25) is 5.91 Å². The van der Waals surface area contributed by atoms with Gasteiger partial charge >= 0.3 is 5.97 Å². The van der Waals surface area contributed by atoms with Crippen LogP contribution in [-0.2, 0) is 9.59 Å². The Morgan fingerprint density at radius 2 is 1.94 bits per heavy atom. The molecule has 2 N–H and O–H groups in total. The number of amides is 1. The van der Waals surface area contributed by atoms with E-state index in [2.05, 4.69) is 5.32 Å². The van der Waals surface area contributed by atoms with Crippen molar-refractivity contribution in [2.45, 2.75) is 44.9 Å². The molecule has 0 radical (unpaired) electrons. The van der Waals surface area contributed by atoms with Gasteiger partial charge in [0.1, 0.15) is 0 Å². The average molecular weight is 238 g/mol. The lowest BCUT2D eigenvalue weighted by atomic mass is 9.79. The van der Waals surface area contributed by atoms with Crippen molar-refractivity contribution in [3.63, 3.8) is 0 Å². The maximum atomic E-state index is 11.6. The summed E-state index contributed by atoms with van der Waals surface area (Å²) in [4.78, 5) is 22.5. The fourth-order valence-electron chi connectivity index (χ4n) is 2.52. The molecule has 1 saturated carbocycles. The van der Waals surface area contributed by atoms with Gasteiger partial charge in [-0.15, -0.1) is 0 Å². The van der Waals surface area contributed by atoms with Gasteiger partial charge in [0.15, 0.2) is 0 Å². The van der Waals surface area contributed by atoms with E-state index in [9.17, 15) is 9.59 Å². The number of hydrogen-bond acceptors (Lipinski definition) is 3. The summed E-state index contributed by atoms with van der Waals surface area (Å²) in [5.41, 5.74) is -0.359. The molecule has 0 spiro atoms. The summed E-state index contributed by atoms with van der Waals surface area (Å²) in [7, 11) is 0. The molecule has 0 aromatic rings. The normalized spacial score (nSPS) is 17.4. The first kappa shape index (κ1) is 13.5. The molecule has 1 aliphatic rings. The lowest BCUT2D eigenvalue weighted by Gasteiger charge is -2.26. The highest BCUT2D eigenvalue weighted by Gasteiger charge is 2.37. The van der Waals surface area contributed by atoms with Gasteiger partial charge in [-0.2, -0.15) is 5.26 Å². The van der Waals surface area contributed by atoms with E-state index in [4.69, 9.17) is 10.4 Å². The molecule has 0 aliphatic heterocycles. The van der Waals surface area contributed by atoms with Crippen molar-refractivity contribution in [2.24, 2.45) is 5.41 Å². The predicted octanol–water partition coefficient (Wildman–Crippen LogP) is 1.44. The molecule has 0 bridgehead atoms. The summed E-state index contributed by atoms with van der Waals surface area (Å²) in [5, 5.41) is 19.9. The standard InChI is InChI=1S/C12H18N2O3/c13-6-3-7-14-10(15)8-12(9-11(16)17)4-1-2-5-12/h1-5,7-9H2,(H,14,15)(H,16,17). The van der Waals surface area contributed by atoms with Crippen LogP contribution in [0.15, 0.2) is 0 Å². The number of rotatable bonds is 6. The van der Waals surface area contributed by atoms with Crippen molar-refractivity contribution in [2.75, 3.05) is 6.54 Å². The van der Waals surface area contributed by atoms with E-state index in [-0.39, 0.29) is 30.6 Å². The van der Waals surface area contributed by atoms with Crippen LogP contribution >= 0.6 is 0 Å². The van der Waals surface area contributed by atoms with Crippen LogP contribution in [0, 0.1) is 16.7 Å². The Hall–Kier alpha value is -1.57. The Morgan fingerprint density at radius 1 is 1.29 bits per heavy atom. The van der Waals surface area contributed by atoms with Crippen LogP contribution in [0.2, 0.25) is 0 Å².